The van der Waals surface area contributed by atoms with Crippen molar-refractivity contribution in [1.82, 2.24) is 5.32 Å². The van der Waals surface area contributed by atoms with E-state index >= 15 is 0 Å². The van der Waals surface area contributed by atoms with E-state index in [4.69, 9.17) is 4.42 Å². The predicted molar refractivity (Wildman–Crippen MR) is 90.5 cm³/mol. The summed E-state index contributed by atoms with van der Waals surface area (Å²) < 4.78 is 7.04. The number of amides is 1. The summed E-state index contributed by atoms with van der Waals surface area (Å²) in [5.41, 5.74) is 1.51. The molecule has 4 nitrogen and oxygen atoms in total. The van der Waals surface area contributed by atoms with Gasteiger partial charge in [0.1, 0.15) is 5.76 Å². The van der Waals surface area contributed by atoms with Gasteiger partial charge in [-0.05, 0) is 70.0 Å². The normalized spacial score (nSPS) is 10.7. The Morgan fingerprint density at radius 3 is 2.67 bits per heavy atom. The van der Waals surface area contributed by atoms with Crippen LogP contribution >= 0.6 is 31.9 Å². The molecule has 0 spiro atoms. The lowest BCUT2D eigenvalue weighted by Crippen LogP contribution is -2.30. The smallest absolute Gasteiger partial charge is 0.251 e. The van der Waals surface area contributed by atoms with Crippen LogP contribution in [-0.4, -0.2) is 11.9 Å². The molecule has 0 atom stereocenters. The van der Waals surface area contributed by atoms with Gasteiger partial charge in [0.05, 0.1) is 11.0 Å². The molecule has 6 heteroatoms. The number of hydrogen-bond acceptors (Lipinski definition) is 3. The molecule has 0 aliphatic heterocycles. The molecule has 2 rings (SSSR count). The van der Waals surface area contributed by atoms with Crippen LogP contribution < -0.4 is 10.6 Å². The van der Waals surface area contributed by atoms with Gasteiger partial charge < -0.3 is 15.1 Å². The molecule has 0 unspecified atom stereocenters. The van der Waals surface area contributed by atoms with Crippen LogP contribution in [0.25, 0.3) is 0 Å². The molecular formula is C15H16Br2N2O2. The second-order valence-corrected chi connectivity index (χ2v) is 6.47. The molecule has 0 radical (unpaired) electrons. The largest absolute Gasteiger partial charge is 0.451 e. The molecule has 0 aliphatic rings. The fourth-order valence-corrected chi connectivity index (χ4v) is 2.44. The van der Waals surface area contributed by atoms with Crippen LogP contribution in [-0.2, 0) is 6.54 Å². The Morgan fingerprint density at radius 1 is 1.29 bits per heavy atom. The minimum Gasteiger partial charge on any atom is -0.451 e. The quantitative estimate of drug-likeness (QED) is 0.752. The standard InChI is InChI=1S/C15H16Br2N2O2/c1-9(2)19-15(20)10-4-3-5-11(6-10)18-8-12-7-13(16)14(17)21-12/h3-7,9,18H,8H2,1-2H3,(H,19,20). The first-order valence-electron chi connectivity index (χ1n) is 6.54. The van der Waals surface area contributed by atoms with Crippen molar-refractivity contribution in [1.29, 1.82) is 0 Å². The zero-order valence-corrected chi connectivity index (χ0v) is 14.9. The van der Waals surface area contributed by atoms with Crippen LogP contribution in [0.15, 0.2) is 43.9 Å². The molecule has 1 heterocycles. The molecule has 112 valence electrons. The molecule has 1 aromatic carbocycles. The van der Waals surface area contributed by atoms with Crippen molar-refractivity contribution in [3.63, 3.8) is 0 Å². The number of benzene rings is 1. The highest BCUT2D eigenvalue weighted by atomic mass is 79.9. The van der Waals surface area contributed by atoms with E-state index in [9.17, 15) is 4.79 Å². The van der Waals surface area contributed by atoms with Gasteiger partial charge in [0.25, 0.3) is 5.91 Å². The van der Waals surface area contributed by atoms with Gasteiger partial charge in [0.15, 0.2) is 4.67 Å². The molecule has 1 aromatic heterocycles. The van der Waals surface area contributed by atoms with E-state index in [2.05, 4.69) is 42.5 Å². The summed E-state index contributed by atoms with van der Waals surface area (Å²) in [6, 6.07) is 9.40. The number of nitrogens with one attached hydrogen (secondary N) is 2. The Labute approximate surface area is 140 Å². The number of hydrogen-bond donors (Lipinski definition) is 2. The Kier molecular flexibility index (Phi) is 5.47. The van der Waals surface area contributed by atoms with Crippen molar-refractivity contribution in [3.05, 3.63) is 50.8 Å². The van der Waals surface area contributed by atoms with Gasteiger partial charge >= 0.3 is 0 Å². The summed E-state index contributed by atoms with van der Waals surface area (Å²) >= 11 is 6.68. The summed E-state index contributed by atoms with van der Waals surface area (Å²) in [6.07, 6.45) is 0. The highest BCUT2D eigenvalue weighted by molar-refractivity contribution is 9.13. The number of halogens is 2. The van der Waals surface area contributed by atoms with Crippen LogP contribution in [0.5, 0.6) is 0 Å². The van der Waals surface area contributed by atoms with Crippen LogP contribution in [0, 0.1) is 0 Å². The van der Waals surface area contributed by atoms with Crippen LogP contribution in [0.1, 0.15) is 30.0 Å². The van der Waals surface area contributed by atoms with E-state index in [1.807, 2.05) is 38.1 Å². The third kappa shape index (κ3) is 4.61. The van der Waals surface area contributed by atoms with Gasteiger partial charge in [0.2, 0.25) is 0 Å². The molecule has 0 bridgehead atoms. The maximum atomic E-state index is 12.0. The lowest BCUT2D eigenvalue weighted by molar-refractivity contribution is 0.0943. The zero-order valence-electron chi connectivity index (χ0n) is 11.7. The molecule has 0 fully saturated rings. The Balaban J connectivity index is 2.02. The number of carbonyl (C=O) groups excluding carboxylic acids is 1. The highest BCUT2D eigenvalue weighted by Crippen LogP contribution is 2.27. The van der Waals surface area contributed by atoms with Gasteiger partial charge in [-0.15, -0.1) is 0 Å². The Bertz CT molecular complexity index is 619. The van der Waals surface area contributed by atoms with Crippen molar-refractivity contribution < 1.29 is 9.21 Å². The van der Waals surface area contributed by atoms with E-state index in [1.165, 1.54) is 0 Å². The molecule has 0 aliphatic carbocycles. The molecule has 2 aromatic rings. The van der Waals surface area contributed by atoms with Gasteiger partial charge in [-0.1, -0.05) is 6.07 Å². The van der Waals surface area contributed by atoms with Crippen molar-refractivity contribution in [3.8, 4) is 0 Å². The SMILES string of the molecule is CC(C)NC(=O)c1cccc(NCc2cc(Br)c(Br)o2)c1. The predicted octanol–water partition coefficient (Wildman–Crippen LogP) is 4.55. The fraction of sp³-hybridized carbons (Fsp3) is 0.267. The lowest BCUT2D eigenvalue weighted by Gasteiger charge is -2.10. The molecule has 2 N–H and O–H groups in total. The zero-order chi connectivity index (χ0) is 15.4. The second kappa shape index (κ2) is 7.13. The molecule has 21 heavy (non-hydrogen) atoms. The monoisotopic (exact) mass is 414 g/mol. The van der Waals surface area contributed by atoms with Crippen molar-refractivity contribution in [2.75, 3.05) is 5.32 Å². The second-order valence-electron chi connectivity index (χ2n) is 4.90. The summed E-state index contributed by atoms with van der Waals surface area (Å²) in [4.78, 5) is 12.0. The minimum atomic E-state index is -0.0721. The average Bonchev–Trinajstić information content (AvgIpc) is 2.75. The van der Waals surface area contributed by atoms with Gasteiger partial charge in [-0.3, -0.25) is 4.79 Å². The van der Waals surface area contributed by atoms with E-state index in [0.29, 0.717) is 16.8 Å². The van der Waals surface area contributed by atoms with E-state index in [-0.39, 0.29) is 11.9 Å². The third-order valence-corrected chi connectivity index (χ3v) is 4.42. The Hall–Kier alpha value is -1.27. The number of furan rings is 1. The fourth-order valence-electron chi connectivity index (χ4n) is 1.78. The summed E-state index contributed by atoms with van der Waals surface area (Å²) in [6.45, 7) is 4.42. The minimum absolute atomic E-state index is 0.0721. The van der Waals surface area contributed by atoms with E-state index in [1.54, 1.807) is 6.07 Å². The first-order chi connectivity index (χ1) is 9.95. The van der Waals surface area contributed by atoms with Crippen LogP contribution in [0.3, 0.4) is 0 Å². The number of anilines is 1. The molecule has 1 amide bonds. The lowest BCUT2D eigenvalue weighted by atomic mass is 10.1. The Morgan fingerprint density at radius 2 is 2.05 bits per heavy atom. The van der Waals surface area contributed by atoms with E-state index in [0.717, 1.165) is 15.9 Å². The highest BCUT2D eigenvalue weighted by Gasteiger charge is 2.08. The number of carbonyl (C=O) groups is 1. The van der Waals surface area contributed by atoms with Gasteiger partial charge in [-0.2, -0.15) is 0 Å². The summed E-state index contributed by atoms with van der Waals surface area (Å²) in [5.74, 6) is 0.725. The average molecular weight is 416 g/mol. The summed E-state index contributed by atoms with van der Waals surface area (Å²) in [5, 5.41) is 6.11. The maximum absolute atomic E-state index is 12.0. The molecular weight excluding hydrogens is 400 g/mol. The van der Waals surface area contributed by atoms with E-state index < -0.39 is 0 Å². The first kappa shape index (κ1) is 16.1. The molecule has 0 saturated heterocycles. The van der Waals surface area contributed by atoms with Crippen molar-refractivity contribution in [2.45, 2.75) is 26.4 Å². The molecule has 0 saturated carbocycles. The van der Waals surface area contributed by atoms with Crippen molar-refractivity contribution in [2.24, 2.45) is 0 Å². The van der Waals surface area contributed by atoms with Crippen LogP contribution in [0.2, 0.25) is 0 Å². The van der Waals surface area contributed by atoms with Gasteiger partial charge in [-0.25, -0.2) is 0 Å². The summed E-state index contributed by atoms with van der Waals surface area (Å²) in [7, 11) is 0. The van der Waals surface area contributed by atoms with Crippen LogP contribution in [0.4, 0.5) is 5.69 Å². The maximum Gasteiger partial charge on any atom is 0.251 e. The first-order valence-corrected chi connectivity index (χ1v) is 8.13. The van der Waals surface area contributed by atoms with Gasteiger partial charge in [0, 0.05) is 17.3 Å². The number of rotatable bonds is 5. The van der Waals surface area contributed by atoms with Crippen molar-refractivity contribution >= 4 is 43.5 Å². The third-order valence-electron chi connectivity index (χ3n) is 2.71. The topological polar surface area (TPSA) is 54.3 Å².